The van der Waals surface area contributed by atoms with Crippen LogP contribution in [0.3, 0.4) is 0 Å². The van der Waals surface area contributed by atoms with Crippen LogP contribution in [0.5, 0.6) is 0 Å². The highest BCUT2D eigenvalue weighted by Gasteiger charge is 2.20. The minimum absolute atomic E-state index is 0.207. The number of nitrogen functional groups attached to an aromatic ring is 1. The summed E-state index contributed by atoms with van der Waals surface area (Å²) in [5, 5.41) is 2.09. The second kappa shape index (κ2) is 5.54. The van der Waals surface area contributed by atoms with E-state index < -0.39 is 0 Å². The van der Waals surface area contributed by atoms with E-state index in [1.165, 1.54) is 4.88 Å². The maximum atomic E-state index is 6.14. The van der Waals surface area contributed by atoms with Crippen LogP contribution in [0.2, 0.25) is 0 Å². The number of rotatable bonds is 4. The van der Waals surface area contributed by atoms with Crippen molar-refractivity contribution in [2.45, 2.75) is 25.8 Å². The largest absolute Gasteiger partial charge is 0.369 e. The number of pyridine rings is 1. The van der Waals surface area contributed by atoms with Crippen LogP contribution in [0.25, 0.3) is 11.2 Å². The van der Waals surface area contributed by atoms with Gasteiger partial charge >= 0.3 is 0 Å². The standard InChI is InChI=1S/C14H15BrN4S/c1-2-4-11(12-5-3-6-20-12)19-13-10(18-14(19)16)7-9(15)8-17-13/h3,5-8,11H,2,4H2,1H3,(H2,16,18). The Morgan fingerprint density at radius 1 is 1.50 bits per heavy atom. The van der Waals surface area contributed by atoms with Gasteiger partial charge in [0.1, 0.15) is 5.52 Å². The van der Waals surface area contributed by atoms with Gasteiger partial charge in [-0.2, -0.15) is 0 Å². The molecule has 4 nitrogen and oxygen atoms in total. The first-order valence-electron chi connectivity index (χ1n) is 6.53. The molecule has 0 aliphatic carbocycles. The molecule has 104 valence electrons. The number of imidazole rings is 1. The molecule has 3 aromatic heterocycles. The predicted molar refractivity (Wildman–Crippen MR) is 87.0 cm³/mol. The Kier molecular flexibility index (Phi) is 3.76. The zero-order chi connectivity index (χ0) is 14.1. The van der Waals surface area contributed by atoms with Crippen LogP contribution in [-0.4, -0.2) is 14.5 Å². The summed E-state index contributed by atoms with van der Waals surface area (Å²) in [4.78, 5) is 10.2. The minimum atomic E-state index is 0.207. The van der Waals surface area contributed by atoms with Crippen LogP contribution in [0, 0.1) is 0 Å². The Labute approximate surface area is 129 Å². The first kappa shape index (κ1) is 13.6. The molecule has 0 fully saturated rings. The lowest BCUT2D eigenvalue weighted by molar-refractivity contribution is 0.557. The third-order valence-corrected chi connectivity index (χ3v) is 4.68. The third-order valence-electron chi connectivity index (χ3n) is 3.27. The molecular formula is C14H15BrN4S. The van der Waals surface area contributed by atoms with E-state index in [1.807, 2.05) is 6.07 Å². The van der Waals surface area contributed by atoms with E-state index in [2.05, 4.69) is 54.9 Å². The predicted octanol–water partition coefficient (Wildman–Crippen LogP) is 4.23. The Morgan fingerprint density at radius 3 is 3.05 bits per heavy atom. The van der Waals surface area contributed by atoms with E-state index in [-0.39, 0.29) is 6.04 Å². The van der Waals surface area contributed by atoms with Gasteiger partial charge in [-0.3, -0.25) is 4.57 Å². The number of hydrogen-bond donors (Lipinski definition) is 1. The van der Waals surface area contributed by atoms with Crippen molar-refractivity contribution in [2.75, 3.05) is 5.73 Å². The van der Waals surface area contributed by atoms with Gasteiger partial charge in [0.15, 0.2) is 5.65 Å². The molecule has 0 aliphatic rings. The smallest absolute Gasteiger partial charge is 0.203 e. The third kappa shape index (κ3) is 2.33. The lowest BCUT2D eigenvalue weighted by atomic mass is 10.1. The summed E-state index contributed by atoms with van der Waals surface area (Å²) in [5.41, 5.74) is 7.82. The van der Waals surface area contributed by atoms with Crippen molar-refractivity contribution in [3.8, 4) is 0 Å². The van der Waals surface area contributed by atoms with Gasteiger partial charge in [0, 0.05) is 15.5 Å². The van der Waals surface area contributed by atoms with Gasteiger partial charge in [-0.25, -0.2) is 9.97 Å². The van der Waals surface area contributed by atoms with Gasteiger partial charge in [-0.05, 0) is 39.9 Å². The second-order valence-electron chi connectivity index (χ2n) is 4.66. The number of nitrogens with two attached hydrogens (primary N) is 1. The number of halogens is 1. The minimum Gasteiger partial charge on any atom is -0.369 e. The van der Waals surface area contributed by atoms with E-state index >= 15 is 0 Å². The van der Waals surface area contributed by atoms with Gasteiger partial charge < -0.3 is 5.73 Å². The number of aromatic nitrogens is 3. The quantitative estimate of drug-likeness (QED) is 0.765. The van der Waals surface area contributed by atoms with Crippen LogP contribution in [0.4, 0.5) is 5.95 Å². The van der Waals surface area contributed by atoms with Crippen LogP contribution in [-0.2, 0) is 0 Å². The van der Waals surface area contributed by atoms with E-state index in [1.54, 1.807) is 17.5 Å². The summed E-state index contributed by atoms with van der Waals surface area (Å²) in [7, 11) is 0. The first-order valence-corrected chi connectivity index (χ1v) is 8.20. The van der Waals surface area contributed by atoms with Crippen molar-refractivity contribution in [1.82, 2.24) is 14.5 Å². The SMILES string of the molecule is CCCC(c1cccs1)n1c(N)nc2cc(Br)cnc21. The molecule has 0 amide bonds. The van der Waals surface area contributed by atoms with Crippen molar-refractivity contribution in [3.05, 3.63) is 39.1 Å². The van der Waals surface area contributed by atoms with Gasteiger partial charge in [-0.15, -0.1) is 11.3 Å². The monoisotopic (exact) mass is 350 g/mol. The highest BCUT2D eigenvalue weighted by molar-refractivity contribution is 9.10. The Balaban J connectivity index is 2.18. The first-order chi connectivity index (χ1) is 9.70. The molecule has 20 heavy (non-hydrogen) atoms. The number of thiophene rings is 1. The fraction of sp³-hybridized carbons (Fsp3) is 0.286. The molecule has 3 rings (SSSR count). The highest BCUT2D eigenvalue weighted by atomic mass is 79.9. The fourth-order valence-electron chi connectivity index (χ4n) is 2.44. The number of hydrogen-bond acceptors (Lipinski definition) is 4. The van der Waals surface area contributed by atoms with Gasteiger partial charge in [-0.1, -0.05) is 19.4 Å². The lowest BCUT2D eigenvalue weighted by Crippen LogP contribution is -2.12. The van der Waals surface area contributed by atoms with Crippen LogP contribution < -0.4 is 5.73 Å². The maximum absolute atomic E-state index is 6.14. The fourth-order valence-corrected chi connectivity index (χ4v) is 3.61. The molecule has 0 aromatic carbocycles. The molecule has 3 aromatic rings. The summed E-state index contributed by atoms with van der Waals surface area (Å²) in [5.74, 6) is 0.525. The molecule has 1 atom stereocenters. The second-order valence-corrected chi connectivity index (χ2v) is 6.55. The normalized spacial score (nSPS) is 12.9. The van der Waals surface area contributed by atoms with Gasteiger partial charge in [0.25, 0.3) is 0 Å². The van der Waals surface area contributed by atoms with Crippen molar-refractivity contribution in [2.24, 2.45) is 0 Å². The summed E-state index contributed by atoms with van der Waals surface area (Å²) in [6, 6.07) is 6.38. The van der Waals surface area contributed by atoms with Crippen molar-refractivity contribution >= 4 is 44.4 Å². The Bertz CT molecular complexity index is 720. The molecular weight excluding hydrogens is 336 g/mol. The number of nitrogens with zero attached hydrogens (tertiary/aromatic N) is 3. The van der Waals surface area contributed by atoms with Crippen LogP contribution >= 0.6 is 27.3 Å². The molecule has 0 spiro atoms. The number of anilines is 1. The van der Waals surface area contributed by atoms with E-state index in [9.17, 15) is 0 Å². The molecule has 0 bridgehead atoms. The molecule has 2 N–H and O–H groups in total. The lowest BCUT2D eigenvalue weighted by Gasteiger charge is -2.18. The van der Waals surface area contributed by atoms with E-state index in [0.717, 1.165) is 28.5 Å². The van der Waals surface area contributed by atoms with Crippen molar-refractivity contribution in [1.29, 1.82) is 0 Å². The zero-order valence-electron chi connectivity index (χ0n) is 11.1. The topological polar surface area (TPSA) is 56.7 Å². The summed E-state index contributed by atoms with van der Waals surface area (Å²) >= 11 is 5.17. The average Bonchev–Trinajstić information content (AvgIpc) is 3.03. The van der Waals surface area contributed by atoms with E-state index in [0.29, 0.717) is 5.95 Å². The molecule has 1 unspecified atom stereocenters. The highest BCUT2D eigenvalue weighted by Crippen LogP contribution is 2.32. The molecule has 0 radical (unpaired) electrons. The van der Waals surface area contributed by atoms with E-state index in [4.69, 9.17) is 5.73 Å². The zero-order valence-corrected chi connectivity index (χ0v) is 13.5. The van der Waals surface area contributed by atoms with Crippen molar-refractivity contribution < 1.29 is 0 Å². The molecule has 0 saturated heterocycles. The van der Waals surface area contributed by atoms with Gasteiger partial charge in [0.05, 0.1) is 6.04 Å². The molecule has 0 saturated carbocycles. The molecule has 6 heteroatoms. The number of fused-ring (bicyclic) bond motifs is 1. The summed E-state index contributed by atoms with van der Waals surface area (Å²) in [6.07, 6.45) is 3.89. The summed E-state index contributed by atoms with van der Waals surface area (Å²) < 4.78 is 2.97. The Morgan fingerprint density at radius 2 is 2.35 bits per heavy atom. The summed E-state index contributed by atoms with van der Waals surface area (Å²) in [6.45, 7) is 2.18. The van der Waals surface area contributed by atoms with Crippen molar-refractivity contribution in [3.63, 3.8) is 0 Å². The average molecular weight is 351 g/mol. The molecule has 0 aliphatic heterocycles. The molecule has 3 heterocycles. The van der Waals surface area contributed by atoms with Crippen LogP contribution in [0.1, 0.15) is 30.7 Å². The van der Waals surface area contributed by atoms with Gasteiger partial charge in [0.2, 0.25) is 5.95 Å². The maximum Gasteiger partial charge on any atom is 0.203 e. The van der Waals surface area contributed by atoms with Crippen LogP contribution in [0.15, 0.2) is 34.2 Å². The Hall–Kier alpha value is -1.40.